The van der Waals surface area contributed by atoms with Crippen molar-refractivity contribution >= 4 is 57.2 Å². The van der Waals surface area contributed by atoms with E-state index in [-0.39, 0.29) is 47.5 Å². The number of fused-ring (bicyclic) bond motifs is 9. The molecule has 2 aliphatic carbocycles. The molecule has 2 aliphatic heterocycles. The summed E-state index contributed by atoms with van der Waals surface area (Å²) in [5.41, 5.74) is 2.18. The van der Waals surface area contributed by atoms with Crippen molar-refractivity contribution in [3.05, 3.63) is 76.3 Å². The Balaban J connectivity index is 1.25. The highest BCUT2D eigenvalue weighted by atomic mass is 35.5. The maximum absolute atomic E-state index is 13.6. The Morgan fingerprint density at radius 3 is 2.39 bits per heavy atom. The SMILES string of the molecule is O=C1[C@@H]2[C@@H]3C[C@@H]([C@@H]4ON=C(c5ccc(Cl)cc5Cl)[C@H]34)[C@@H]2C(=O)N1c1ccc2ccccc2c1. The van der Waals surface area contributed by atoms with Gasteiger partial charge in [-0.2, -0.15) is 0 Å². The van der Waals surface area contributed by atoms with E-state index in [1.54, 1.807) is 12.1 Å². The van der Waals surface area contributed by atoms with Crippen LogP contribution in [0.5, 0.6) is 0 Å². The van der Waals surface area contributed by atoms with Gasteiger partial charge >= 0.3 is 0 Å². The topological polar surface area (TPSA) is 59.0 Å². The molecule has 7 heteroatoms. The van der Waals surface area contributed by atoms with Gasteiger partial charge in [-0.15, -0.1) is 0 Å². The standard InChI is InChI=1S/C26H18Cl2N2O3/c27-14-6-8-16(19(28)10-14)23-22-17-11-18(24(22)33-29-23)21-20(17)25(31)30(26(21)32)15-7-5-12-3-1-2-4-13(12)9-15/h1-10,17-18,20-22,24H,11H2/t17-,18+,20+,21-,22-,24-/m0/s1. The molecule has 5 nitrogen and oxygen atoms in total. The molecule has 2 heterocycles. The molecule has 7 rings (SSSR count). The van der Waals surface area contributed by atoms with Gasteiger partial charge in [0.25, 0.3) is 0 Å². The fourth-order valence-corrected chi connectivity index (χ4v) is 7.12. The molecule has 2 amide bonds. The number of oxime groups is 1. The lowest BCUT2D eigenvalue weighted by Crippen LogP contribution is -2.41. The van der Waals surface area contributed by atoms with Crippen LogP contribution in [0.15, 0.2) is 65.8 Å². The second-order valence-electron chi connectivity index (χ2n) is 9.35. The molecule has 2 bridgehead atoms. The normalized spacial score (nSPS) is 31.7. The highest BCUT2D eigenvalue weighted by molar-refractivity contribution is 6.37. The number of rotatable bonds is 2. The minimum atomic E-state index is -0.356. The van der Waals surface area contributed by atoms with Crippen LogP contribution in [0.2, 0.25) is 10.0 Å². The Morgan fingerprint density at radius 2 is 1.61 bits per heavy atom. The van der Waals surface area contributed by atoms with E-state index >= 15 is 0 Å². The van der Waals surface area contributed by atoms with Gasteiger partial charge in [0, 0.05) is 22.4 Å². The summed E-state index contributed by atoms with van der Waals surface area (Å²) in [7, 11) is 0. The Kier molecular flexibility index (Phi) is 4.04. The van der Waals surface area contributed by atoms with Crippen molar-refractivity contribution in [2.75, 3.05) is 4.90 Å². The van der Waals surface area contributed by atoms with Gasteiger partial charge in [0.1, 0.15) is 6.10 Å². The van der Waals surface area contributed by atoms with Crippen molar-refractivity contribution in [1.29, 1.82) is 0 Å². The first kappa shape index (κ1) is 19.6. The molecule has 0 radical (unpaired) electrons. The van der Waals surface area contributed by atoms with E-state index in [1.165, 1.54) is 4.90 Å². The molecule has 0 spiro atoms. The van der Waals surface area contributed by atoms with E-state index in [1.807, 2.05) is 48.5 Å². The largest absolute Gasteiger partial charge is 0.391 e. The monoisotopic (exact) mass is 476 g/mol. The zero-order chi connectivity index (χ0) is 22.4. The number of anilines is 1. The van der Waals surface area contributed by atoms with Gasteiger partial charge in [-0.1, -0.05) is 64.8 Å². The third-order valence-corrected chi connectivity index (χ3v) is 8.44. The zero-order valence-corrected chi connectivity index (χ0v) is 18.8. The third-order valence-electron chi connectivity index (χ3n) is 7.89. The lowest BCUT2D eigenvalue weighted by Gasteiger charge is -2.30. The number of carbonyl (C=O) groups excluding carboxylic acids is 2. The van der Waals surface area contributed by atoms with Gasteiger partial charge in [-0.3, -0.25) is 14.5 Å². The first-order valence-corrected chi connectivity index (χ1v) is 11.8. The molecule has 164 valence electrons. The minimum Gasteiger partial charge on any atom is -0.391 e. The molecule has 0 N–H and O–H groups in total. The molecular weight excluding hydrogens is 459 g/mol. The molecule has 6 atom stereocenters. The summed E-state index contributed by atoms with van der Waals surface area (Å²) in [5.74, 6) is -1.02. The molecule has 33 heavy (non-hydrogen) atoms. The van der Waals surface area contributed by atoms with Crippen LogP contribution in [0.1, 0.15) is 12.0 Å². The smallest absolute Gasteiger partial charge is 0.238 e. The van der Waals surface area contributed by atoms with Crippen LogP contribution in [-0.2, 0) is 14.4 Å². The van der Waals surface area contributed by atoms with Crippen molar-refractivity contribution in [1.82, 2.24) is 0 Å². The summed E-state index contributed by atoms with van der Waals surface area (Å²) in [4.78, 5) is 34.4. The molecule has 4 aliphatic rings. The fourth-order valence-electron chi connectivity index (χ4n) is 6.62. The van der Waals surface area contributed by atoms with Crippen molar-refractivity contribution in [2.45, 2.75) is 12.5 Å². The van der Waals surface area contributed by atoms with Gasteiger partial charge in [-0.05, 0) is 47.4 Å². The van der Waals surface area contributed by atoms with Gasteiger partial charge in [0.15, 0.2) is 0 Å². The highest BCUT2D eigenvalue weighted by Crippen LogP contribution is 2.62. The van der Waals surface area contributed by atoms with Crippen molar-refractivity contribution in [3.8, 4) is 0 Å². The summed E-state index contributed by atoms with van der Waals surface area (Å²) in [6.07, 6.45) is 0.587. The number of hydrogen-bond donors (Lipinski definition) is 0. The maximum Gasteiger partial charge on any atom is 0.238 e. The first-order chi connectivity index (χ1) is 16.0. The van der Waals surface area contributed by atoms with E-state index in [4.69, 9.17) is 28.0 Å². The predicted octanol–water partition coefficient (Wildman–Crippen LogP) is 5.32. The van der Waals surface area contributed by atoms with Crippen LogP contribution in [-0.4, -0.2) is 23.6 Å². The van der Waals surface area contributed by atoms with Crippen LogP contribution >= 0.6 is 23.2 Å². The lowest BCUT2D eigenvalue weighted by atomic mass is 9.71. The Hall–Kier alpha value is -2.89. The van der Waals surface area contributed by atoms with Crippen molar-refractivity contribution in [3.63, 3.8) is 0 Å². The van der Waals surface area contributed by atoms with Crippen LogP contribution in [0.25, 0.3) is 10.8 Å². The second-order valence-corrected chi connectivity index (χ2v) is 10.2. The number of carbonyl (C=O) groups is 2. The number of amides is 2. The van der Waals surface area contributed by atoms with Crippen LogP contribution in [0, 0.1) is 29.6 Å². The van der Waals surface area contributed by atoms with E-state index in [2.05, 4.69) is 5.16 Å². The minimum absolute atomic E-state index is 0.0000915. The van der Waals surface area contributed by atoms with Gasteiger partial charge in [-0.25, -0.2) is 0 Å². The molecule has 0 aromatic heterocycles. The van der Waals surface area contributed by atoms with Crippen molar-refractivity contribution in [2.24, 2.45) is 34.7 Å². The van der Waals surface area contributed by atoms with E-state index in [9.17, 15) is 9.59 Å². The van der Waals surface area contributed by atoms with Crippen LogP contribution in [0.4, 0.5) is 5.69 Å². The Morgan fingerprint density at radius 1 is 0.848 bits per heavy atom. The van der Waals surface area contributed by atoms with E-state index in [0.717, 1.165) is 28.5 Å². The quantitative estimate of drug-likeness (QED) is 0.470. The Labute approximate surface area is 199 Å². The fraction of sp³-hybridized carbons (Fsp3) is 0.269. The molecule has 1 saturated heterocycles. The maximum atomic E-state index is 13.6. The number of hydrogen-bond acceptors (Lipinski definition) is 4. The van der Waals surface area contributed by atoms with Crippen LogP contribution in [0.3, 0.4) is 0 Å². The van der Waals surface area contributed by atoms with E-state index < -0.39 is 0 Å². The van der Waals surface area contributed by atoms with Crippen molar-refractivity contribution < 1.29 is 14.4 Å². The third kappa shape index (κ3) is 2.58. The van der Waals surface area contributed by atoms with Crippen LogP contribution < -0.4 is 4.90 Å². The average molecular weight is 477 g/mol. The number of nitrogens with zero attached hydrogens (tertiary/aromatic N) is 2. The zero-order valence-electron chi connectivity index (χ0n) is 17.3. The van der Waals surface area contributed by atoms with Gasteiger partial charge < -0.3 is 4.84 Å². The predicted molar refractivity (Wildman–Crippen MR) is 126 cm³/mol. The summed E-state index contributed by atoms with van der Waals surface area (Å²) < 4.78 is 0. The molecule has 3 fully saturated rings. The summed E-state index contributed by atoms with van der Waals surface area (Å²) in [5, 5.41) is 7.50. The number of imide groups is 1. The van der Waals surface area contributed by atoms with Gasteiger partial charge in [0.2, 0.25) is 11.8 Å². The first-order valence-electron chi connectivity index (χ1n) is 11.1. The number of halogens is 2. The molecule has 0 unspecified atom stereocenters. The lowest BCUT2D eigenvalue weighted by molar-refractivity contribution is -0.125. The molecule has 3 aromatic rings. The molecular formula is C26H18Cl2N2O3. The summed E-state index contributed by atoms with van der Waals surface area (Å²) in [6.45, 7) is 0. The average Bonchev–Trinajstić information content (AvgIpc) is 3.54. The molecule has 2 saturated carbocycles. The van der Waals surface area contributed by atoms with Gasteiger partial charge in [0.05, 0.1) is 28.3 Å². The highest BCUT2D eigenvalue weighted by Gasteiger charge is 2.70. The summed E-state index contributed by atoms with van der Waals surface area (Å²) >= 11 is 12.5. The molecule has 3 aromatic carbocycles. The summed E-state index contributed by atoms with van der Waals surface area (Å²) in [6, 6.07) is 19.0. The second kappa shape index (κ2) is 6.81. The Bertz CT molecular complexity index is 1400. The van der Waals surface area contributed by atoms with E-state index in [0.29, 0.717) is 15.7 Å². The number of benzene rings is 3.